The fourth-order valence-corrected chi connectivity index (χ4v) is 4.23. The molecule has 2 aliphatic rings. The van der Waals surface area contributed by atoms with E-state index in [0.29, 0.717) is 17.8 Å². The van der Waals surface area contributed by atoms with Gasteiger partial charge in [0.15, 0.2) is 0 Å². The molecule has 0 N–H and O–H groups in total. The summed E-state index contributed by atoms with van der Waals surface area (Å²) in [6.07, 6.45) is 6.65. The van der Waals surface area contributed by atoms with Crippen LogP contribution in [0, 0.1) is 0 Å². The zero-order valence-corrected chi connectivity index (χ0v) is 15.7. The number of amides is 2. The van der Waals surface area contributed by atoms with E-state index in [1.54, 1.807) is 23.2 Å². The second-order valence-electron chi connectivity index (χ2n) is 7.32. The van der Waals surface area contributed by atoms with Crippen molar-refractivity contribution in [1.29, 1.82) is 0 Å². The van der Waals surface area contributed by atoms with Gasteiger partial charge in [0, 0.05) is 36.6 Å². The molecule has 0 aliphatic carbocycles. The van der Waals surface area contributed by atoms with Gasteiger partial charge < -0.3 is 9.80 Å². The smallest absolute Gasteiger partial charge is 0.272 e. The molecule has 1 saturated heterocycles. The number of carbonyl (C=O) groups is 2. The first-order chi connectivity index (χ1) is 13.2. The molecule has 27 heavy (non-hydrogen) atoms. The van der Waals surface area contributed by atoms with Crippen molar-refractivity contribution in [2.24, 2.45) is 0 Å². The predicted molar refractivity (Wildman–Crippen MR) is 105 cm³/mol. The number of fused-ring (bicyclic) bond motifs is 1. The second kappa shape index (κ2) is 7.51. The van der Waals surface area contributed by atoms with Crippen LogP contribution in [0.15, 0.2) is 42.6 Å². The van der Waals surface area contributed by atoms with Gasteiger partial charge in [-0.25, -0.2) is 0 Å². The van der Waals surface area contributed by atoms with E-state index in [2.05, 4.69) is 18.0 Å². The normalized spacial score (nSPS) is 19.1. The Labute approximate surface area is 160 Å². The van der Waals surface area contributed by atoms with Crippen molar-refractivity contribution < 1.29 is 9.59 Å². The van der Waals surface area contributed by atoms with Gasteiger partial charge in [0.25, 0.3) is 11.8 Å². The molecule has 1 unspecified atom stereocenters. The fraction of sp³-hybridized carbons (Fsp3) is 0.409. The first-order valence-corrected chi connectivity index (χ1v) is 9.86. The molecule has 140 valence electrons. The van der Waals surface area contributed by atoms with Crippen LogP contribution in [0.1, 0.15) is 59.0 Å². The monoisotopic (exact) mass is 363 g/mol. The standard InChI is InChI=1S/C22H25N3O2/c1-2-18-8-5-6-13-24(18)22(27)19-15-17(10-12-23-19)21(26)25-14-11-16-7-3-4-9-20(16)25/h3-4,7,9-10,12,15,18H,2,5-6,8,11,13-14H2,1H3. The maximum Gasteiger partial charge on any atom is 0.272 e. The van der Waals surface area contributed by atoms with Gasteiger partial charge in [-0.15, -0.1) is 0 Å². The summed E-state index contributed by atoms with van der Waals surface area (Å²) in [7, 11) is 0. The molecule has 1 aromatic heterocycles. The highest BCUT2D eigenvalue weighted by Crippen LogP contribution is 2.29. The van der Waals surface area contributed by atoms with Crippen LogP contribution in [0.5, 0.6) is 0 Å². The van der Waals surface area contributed by atoms with Crippen molar-refractivity contribution >= 4 is 17.5 Å². The number of pyridine rings is 1. The summed E-state index contributed by atoms with van der Waals surface area (Å²) in [6, 6.07) is 11.6. The van der Waals surface area contributed by atoms with E-state index in [0.717, 1.165) is 37.9 Å². The Morgan fingerprint density at radius 1 is 1.11 bits per heavy atom. The number of aromatic nitrogens is 1. The molecule has 2 amide bonds. The molecular formula is C22H25N3O2. The molecule has 1 aromatic carbocycles. The Morgan fingerprint density at radius 3 is 2.81 bits per heavy atom. The third-order valence-corrected chi connectivity index (χ3v) is 5.72. The first-order valence-electron chi connectivity index (χ1n) is 9.86. The fourth-order valence-electron chi connectivity index (χ4n) is 4.23. The summed E-state index contributed by atoms with van der Waals surface area (Å²) in [5.41, 5.74) is 3.05. The molecular weight excluding hydrogens is 338 g/mol. The molecule has 2 aromatic rings. The van der Waals surface area contributed by atoms with Crippen LogP contribution >= 0.6 is 0 Å². The zero-order chi connectivity index (χ0) is 18.8. The summed E-state index contributed by atoms with van der Waals surface area (Å²) in [6.45, 7) is 3.57. The lowest BCUT2D eigenvalue weighted by Gasteiger charge is -2.35. The quantitative estimate of drug-likeness (QED) is 0.836. The minimum Gasteiger partial charge on any atom is -0.334 e. The molecule has 1 atom stereocenters. The second-order valence-corrected chi connectivity index (χ2v) is 7.32. The van der Waals surface area contributed by atoms with Gasteiger partial charge in [-0.1, -0.05) is 25.1 Å². The Hall–Kier alpha value is -2.69. The SMILES string of the molecule is CCC1CCCCN1C(=O)c1cc(C(=O)N2CCc3ccccc32)ccn1. The average Bonchev–Trinajstić information content (AvgIpc) is 3.17. The number of hydrogen-bond donors (Lipinski definition) is 0. The van der Waals surface area contributed by atoms with E-state index < -0.39 is 0 Å². The highest BCUT2D eigenvalue weighted by atomic mass is 16.2. The number of benzene rings is 1. The van der Waals surface area contributed by atoms with Crippen molar-refractivity contribution in [3.8, 4) is 0 Å². The van der Waals surface area contributed by atoms with Crippen LogP contribution in [-0.2, 0) is 6.42 Å². The van der Waals surface area contributed by atoms with Crippen molar-refractivity contribution in [3.05, 3.63) is 59.4 Å². The van der Waals surface area contributed by atoms with E-state index in [-0.39, 0.29) is 17.9 Å². The number of hydrogen-bond acceptors (Lipinski definition) is 3. The number of para-hydroxylation sites is 1. The number of piperidine rings is 1. The summed E-state index contributed by atoms with van der Waals surface area (Å²) in [4.78, 5) is 34.1. The molecule has 0 saturated carbocycles. The van der Waals surface area contributed by atoms with Gasteiger partial charge in [0.1, 0.15) is 5.69 Å². The maximum atomic E-state index is 13.1. The summed E-state index contributed by atoms with van der Waals surface area (Å²) in [5.74, 6) is -0.125. The minimum absolute atomic E-state index is 0.0574. The summed E-state index contributed by atoms with van der Waals surface area (Å²) in [5, 5.41) is 0. The predicted octanol–water partition coefficient (Wildman–Crippen LogP) is 3.69. The van der Waals surface area contributed by atoms with Gasteiger partial charge >= 0.3 is 0 Å². The Bertz CT molecular complexity index is 864. The Balaban J connectivity index is 1.58. The molecule has 5 heteroatoms. The van der Waals surface area contributed by atoms with E-state index in [1.165, 1.54) is 12.0 Å². The molecule has 5 nitrogen and oxygen atoms in total. The van der Waals surface area contributed by atoms with Crippen LogP contribution in [0.3, 0.4) is 0 Å². The summed E-state index contributed by atoms with van der Waals surface area (Å²) < 4.78 is 0. The Morgan fingerprint density at radius 2 is 1.96 bits per heavy atom. The zero-order valence-electron chi connectivity index (χ0n) is 15.7. The van der Waals surface area contributed by atoms with Crippen molar-refractivity contribution in [2.45, 2.75) is 45.1 Å². The van der Waals surface area contributed by atoms with Crippen LogP contribution in [0.25, 0.3) is 0 Å². The van der Waals surface area contributed by atoms with E-state index in [9.17, 15) is 9.59 Å². The molecule has 0 bridgehead atoms. The van der Waals surface area contributed by atoms with Gasteiger partial charge in [-0.2, -0.15) is 0 Å². The molecule has 3 heterocycles. The van der Waals surface area contributed by atoms with Gasteiger partial charge in [0.2, 0.25) is 0 Å². The van der Waals surface area contributed by atoms with Crippen LogP contribution < -0.4 is 4.90 Å². The lowest BCUT2D eigenvalue weighted by atomic mass is 9.99. The van der Waals surface area contributed by atoms with Crippen molar-refractivity contribution in [3.63, 3.8) is 0 Å². The van der Waals surface area contributed by atoms with Crippen LogP contribution in [0.2, 0.25) is 0 Å². The number of nitrogens with zero attached hydrogens (tertiary/aromatic N) is 3. The maximum absolute atomic E-state index is 13.1. The first kappa shape index (κ1) is 17.7. The lowest BCUT2D eigenvalue weighted by molar-refractivity contribution is 0.0602. The highest BCUT2D eigenvalue weighted by Gasteiger charge is 2.29. The minimum atomic E-state index is -0.0675. The topological polar surface area (TPSA) is 53.5 Å². The summed E-state index contributed by atoms with van der Waals surface area (Å²) >= 11 is 0. The number of anilines is 1. The molecule has 2 aliphatic heterocycles. The van der Waals surface area contributed by atoms with Crippen molar-refractivity contribution in [2.75, 3.05) is 18.0 Å². The third-order valence-electron chi connectivity index (χ3n) is 5.72. The number of rotatable bonds is 3. The average molecular weight is 363 g/mol. The van der Waals surface area contributed by atoms with Crippen molar-refractivity contribution in [1.82, 2.24) is 9.88 Å². The van der Waals surface area contributed by atoms with E-state index in [1.807, 2.05) is 23.1 Å². The molecule has 1 fully saturated rings. The number of likely N-dealkylation sites (tertiary alicyclic amines) is 1. The third kappa shape index (κ3) is 3.34. The largest absolute Gasteiger partial charge is 0.334 e. The molecule has 4 rings (SSSR count). The van der Waals surface area contributed by atoms with Gasteiger partial charge in [-0.05, 0) is 55.9 Å². The van der Waals surface area contributed by atoms with Crippen LogP contribution in [0.4, 0.5) is 5.69 Å². The van der Waals surface area contributed by atoms with Gasteiger partial charge in [-0.3, -0.25) is 14.6 Å². The Kier molecular flexibility index (Phi) is 4.92. The van der Waals surface area contributed by atoms with E-state index in [4.69, 9.17) is 0 Å². The lowest BCUT2D eigenvalue weighted by Crippen LogP contribution is -2.43. The van der Waals surface area contributed by atoms with Crippen LogP contribution in [-0.4, -0.2) is 40.8 Å². The van der Waals surface area contributed by atoms with Gasteiger partial charge in [0.05, 0.1) is 0 Å². The highest BCUT2D eigenvalue weighted by molar-refractivity contribution is 6.08. The molecule has 0 spiro atoms. The molecule has 0 radical (unpaired) electrons. The van der Waals surface area contributed by atoms with E-state index >= 15 is 0 Å². The number of carbonyl (C=O) groups excluding carboxylic acids is 2.